The van der Waals surface area contributed by atoms with Crippen LogP contribution in [0, 0.1) is 0 Å². The maximum atomic E-state index is 12.6. The highest BCUT2D eigenvalue weighted by Crippen LogP contribution is 2.14. The van der Waals surface area contributed by atoms with Gasteiger partial charge in [-0.1, -0.05) is 6.07 Å². The number of aromatic amines is 1. The van der Waals surface area contributed by atoms with Gasteiger partial charge in [-0.05, 0) is 17.9 Å². The van der Waals surface area contributed by atoms with Gasteiger partial charge in [0, 0.05) is 30.0 Å². The summed E-state index contributed by atoms with van der Waals surface area (Å²) in [7, 11) is 0. The van der Waals surface area contributed by atoms with Gasteiger partial charge in [0.25, 0.3) is 6.08 Å². The lowest BCUT2D eigenvalue weighted by atomic mass is 10.2. The topological polar surface area (TPSA) is 114 Å². The third kappa shape index (κ3) is 7.30. The molecule has 4 N–H and O–H groups in total. The van der Waals surface area contributed by atoms with E-state index in [1.54, 1.807) is 11.3 Å². The van der Waals surface area contributed by atoms with Gasteiger partial charge in [0.2, 0.25) is 0 Å². The average molecular weight is 414 g/mol. The monoisotopic (exact) mass is 414 g/mol. The molecule has 2 aromatic rings. The number of nitrogens with zero attached hydrogens (tertiary/aromatic N) is 2. The van der Waals surface area contributed by atoms with Crippen LogP contribution >= 0.6 is 11.3 Å². The molecule has 150 valence electrons. The van der Waals surface area contributed by atoms with Crippen LogP contribution < -0.4 is 11.4 Å². The first kappa shape index (κ1) is 22.5. The zero-order valence-electron chi connectivity index (χ0n) is 13.6. The van der Waals surface area contributed by atoms with E-state index in [9.17, 15) is 26.7 Å². The zero-order chi connectivity index (χ0) is 20.6. The van der Waals surface area contributed by atoms with Crippen molar-refractivity contribution < 1.29 is 31.9 Å². The second-order valence-electron chi connectivity index (χ2n) is 4.97. The number of hydrogen-bond acceptors (Lipinski definition) is 5. The zero-order valence-corrected chi connectivity index (χ0v) is 14.4. The summed E-state index contributed by atoms with van der Waals surface area (Å²) in [6.45, 7) is 0.144. The normalized spacial score (nSPS) is 10.9. The molecule has 13 heteroatoms. The van der Waals surface area contributed by atoms with Crippen molar-refractivity contribution >= 4 is 17.3 Å². The fraction of sp³-hybridized carbons (Fsp3) is 0.357. The molecule has 0 unspecified atom stereocenters. The molecule has 0 aliphatic rings. The lowest BCUT2D eigenvalue weighted by Gasteiger charge is -2.06. The number of carboxylic acid groups (broad SMARTS) is 1. The van der Waals surface area contributed by atoms with E-state index in [1.807, 2.05) is 17.5 Å². The van der Waals surface area contributed by atoms with Gasteiger partial charge < -0.3 is 10.8 Å². The molecule has 0 atom stereocenters. The van der Waals surface area contributed by atoms with Crippen LogP contribution in [-0.4, -0.2) is 38.6 Å². The van der Waals surface area contributed by atoms with Crippen LogP contribution in [0.15, 0.2) is 34.0 Å². The van der Waals surface area contributed by atoms with Gasteiger partial charge in [-0.25, -0.2) is 14.7 Å². The molecule has 0 amide bonds. The molecule has 2 aromatic heterocycles. The van der Waals surface area contributed by atoms with E-state index in [1.165, 1.54) is 4.57 Å². The minimum atomic E-state index is -5.08. The number of H-pyrrole nitrogens is 1. The summed E-state index contributed by atoms with van der Waals surface area (Å²) in [5.74, 6) is -2.48. The highest BCUT2D eigenvalue weighted by atomic mass is 32.1. The number of aryl methyl sites for hydroxylation is 1. The standard InChI is InChI=1S/C12H14F2N4OS.C2HF3O2/c13-11(14)8(7-15)6-10-16-17-12(19)18(10)4-3-9-2-1-5-20-9;3-2(4,5)1(6)7/h1-2,5H,3-4,6-7,15H2,(H,17,19);(H,6,7). The number of nitrogens with two attached hydrogens (primary N) is 1. The number of carbonyl (C=O) groups is 1. The summed E-state index contributed by atoms with van der Waals surface area (Å²) in [6, 6.07) is 3.88. The van der Waals surface area contributed by atoms with Crippen molar-refractivity contribution in [2.75, 3.05) is 6.54 Å². The molecule has 0 bridgehead atoms. The molecular weight excluding hydrogens is 399 g/mol. The molecule has 0 radical (unpaired) electrons. The molecular formula is C14H15F5N4O3S. The fourth-order valence-corrected chi connectivity index (χ4v) is 2.50. The van der Waals surface area contributed by atoms with E-state index in [0.717, 1.165) is 4.88 Å². The number of aromatic nitrogens is 3. The van der Waals surface area contributed by atoms with Gasteiger partial charge in [0.05, 0.1) is 0 Å². The van der Waals surface area contributed by atoms with Gasteiger partial charge in [-0.15, -0.1) is 11.3 Å². The molecule has 0 saturated heterocycles. The minimum absolute atomic E-state index is 0.123. The van der Waals surface area contributed by atoms with E-state index in [-0.39, 0.29) is 24.4 Å². The lowest BCUT2D eigenvalue weighted by Crippen LogP contribution is -2.21. The third-order valence-electron chi connectivity index (χ3n) is 3.13. The first-order valence-electron chi connectivity index (χ1n) is 7.26. The highest BCUT2D eigenvalue weighted by Gasteiger charge is 2.38. The maximum Gasteiger partial charge on any atom is 0.490 e. The molecule has 2 rings (SSSR count). The Balaban J connectivity index is 0.000000445. The van der Waals surface area contributed by atoms with Crippen molar-refractivity contribution in [1.29, 1.82) is 0 Å². The number of thiophene rings is 1. The van der Waals surface area contributed by atoms with Crippen LogP contribution in [-0.2, 0) is 24.2 Å². The molecule has 2 heterocycles. The SMILES string of the molecule is NCC(Cc1n[nH]c(=O)n1CCc1cccs1)=C(F)F.O=C(O)C(F)(F)F. The predicted octanol–water partition coefficient (Wildman–Crippen LogP) is 2.16. The second-order valence-corrected chi connectivity index (χ2v) is 6.01. The molecule has 27 heavy (non-hydrogen) atoms. The number of hydrogen-bond donors (Lipinski definition) is 3. The Bertz CT molecular complexity index is 823. The third-order valence-corrected chi connectivity index (χ3v) is 4.06. The smallest absolute Gasteiger partial charge is 0.475 e. The van der Waals surface area contributed by atoms with Gasteiger partial charge in [-0.3, -0.25) is 4.57 Å². The second kappa shape index (κ2) is 9.97. The van der Waals surface area contributed by atoms with Gasteiger partial charge in [0.15, 0.2) is 0 Å². The van der Waals surface area contributed by atoms with E-state index >= 15 is 0 Å². The average Bonchev–Trinajstić information content (AvgIpc) is 3.20. The van der Waals surface area contributed by atoms with E-state index in [0.29, 0.717) is 13.0 Å². The Morgan fingerprint density at radius 3 is 2.44 bits per heavy atom. The van der Waals surface area contributed by atoms with Crippen LogP contribution in [0.3, 0.4) is 0 Å². The summed E-state index contributed by atoms with van der Waals surface area (Å²) in [5.41, 5.74) is 4.66. The van der Waals surface area contributed by atoms with E-state index in [2.05, 4.69) is 10.2 Å². The predicted molar refractivity (Wildman–Crippen MR) is 86.6 cm³/mol. The summed E-state index contributed by atoms with van der Waals surface area (Å²) in [4.78, 5) is 21.7. The Labute approximate surface area is 152 Å². The summed E-state index contributed by atoms with van der Waals surface area (Å²) < 4.78 is 58.3. The van der Waals surface area contributed by atoms with Gasteiger partial charge >= 0.3 is 17.8 Å². The van der Waals surface area contributed by atoms with Crippen molar-refractivity contribution in [2.24, 2.45) is 5.73 Å². The Morgan fingerprint density at radius 1 is 1.37 bits per heavy atom. The summed E-state index contributed by atoms with van der Waals surface area (Å²) in [5, 5.41) is 15.2. The van der Waals surface area contributed by atoms with Crippen LogP contribution in [0.4, 0.5) is 22.0 Å². The van der Waals surface area contributed by atoms with Crippen LogP contribution in [0.25, 0.3) is 0 Å². The number of nitrogens with one attached hydrogen (secondary N) is 1. The van der Waals surface area contributed by atoms with Crippen molar-refractivity contribution in [3.8, 4) is 0 Å². The Morgan fingerprint density at radius 2 is 2.00 bits per heavy atom. The Kier molecular flexibility index (Phi) is 8.31. The number of carboxylic acids is 1. The molecule has 0 fully saturated rings. The van der Waals surface area contributed by atoms with E-state index in [4.69, 9.17) is 15.6 Å². The first-order chi connectivity index (χ1) is 12.6. The van der Waals surface area contributed by atoms with Gasteiger partial charge in [0.1, 0.15) is 5.82 Å². The maximum absolute atomic E-state index is 12.6. The summed E-state index contributed by atoms with van der Waals surface area (Å²) >= 11 is 1.58. The highest BCUT2D eigenvalue weighted by molar-refractivity contribution is 7.09. The Hall–Kier alpha value is -2.54. The molecule has 0 aliphatic carbocycles. The number of rotatable bonds is 6. The van der Waals surface area contributed by atoms with E-state index < -0.39 is 23.9 Å². The molecule has 7 nitrogen and oxygen atoms in total. The van der Waals surface area contributed by atoms with Crippen molar-refractivity contribution in [2.45, 2.75) is 25.6 Å². The summed E-state index contributed by atoms with van der Waals surface area (Å²) in [6.07, 6.45) is -6.36. The van der Waals surface area contributed by atoms with Crippen molar-refractivity contribution in [1.82, 2.24) is 14.8 Å². The van der Waals surface area contributed by atoms with Crippen molar-refractivity contribution in [3.05, 3.63) is 50.4 Å². The first-order valence-corrected chi connectivity index (χ1v) is 8.13. The molecule has 0 aliphatic heterocycles. The van der Waals surface area contributed by atoms with Crippen LogP contribution in [0.2, 0.25) is 0 Å². The molecule has 0 spiro atoms. The minimum Gasteiger partial charge on any atom is -0.475 e. The van der Waals surface area contributed by atoms with Gasteiger partial charge in [-0.2, -0.15) is 27.1 Å². The lowest BCUT2D eigenvalue weighted by molar-refractivity contribution is -0.192. The van der Waals surface area contributed by atoms with Crippen LogP contribution in [0.1, 0.15) is 10.7 Å². The largest absolute Gasteiger partial charge is 0.490 e. The number of halogens is 5. The van der Waals surface area contributed by atoms with Crippen LogP contribution in [0.5, 0.6) is 0 Å². The quantitative estimate of drug-likeness (QED) is 0.627. The molecule has 0 saturated carbocycles. The van der Waals surface area contributed by atoms with Crippen molar-refractivity contribution in [3.63, 3.8) is 0 Å². The number of aliphatic carboxylic acids is 1. The fourth-order valence-electron chi connectivity index (χ4n) is 1.80. The molecule has 0 aromatic carbocycles. The number of alkyl halides is 3.